The highest BCUT2D eigenvalue weighted by Gasteiger charge is 2.18. The topological polar surface area (TPSA) is 61.4 Å². The van der Waals surface area contributed by atoms with E-state index < -0.39 is 0 Å². The van der Waals surface area contributed by atoms with Gasteiger partial charge in [0.05, 0.1) is 16.9 Å². The predicted molar refractivity (Wildman–Crippen MR) is 129 cm³/mol. The molecule has 5 aromatic rings. The SMILES string of the molecule is Cc1ccccc1-n1nc(-c2c(C)nc3c(OCc4ccccc4)cccn3c2=O)cc1C. The van der Waals surface area contributed by atoms with Gasteiger partial charge in [-0.15, -0.1) is 0 Å². The Morgan fingerprint density at radius 2 is 1.67 bits per heavy atom. The van der Waals surface area contributed by atoms with Crippen LogP contribution in [-0.2, 0) is 6.61 Å². The molecule has 0 aliphatic heterocycles. The van der Waals surface area contributed by atoms with Gasteiger partial charge < -0.3 is 4.74 Å². The van der Waals surface area contributed by atoms with Gasteiger partial charge in [-0.05, 0) is 56.2 Å². The molecule has 33 heavy (non-hydrogen) atoms. The number of rotatable bonds is 5. The Labute approximate surface area is 191 Å². The largest absolute Gasteiger partial charge is 0.485 e. The molecule has 6 nitrogen and oxygen atoms in total. The van der Waals surface area contributed by atoms with E-state index in [1.165, 1.54) is 4.40 Å². The highest BCUT2D eigenvalue weighted by atomic mass is 16.5. The van der Waals surface area contributed by atoms with Crippen molar-refractivity contribution in [1.29, 1.82) is 0 Å². The lowest BCUT2D eigenvalue weighted by Gasteiger charge is -2.12. The molecule has 0 unspecified atom stereocenters. The van der Waals surface area contributed by atoms with Gasteiger partial charge in [0.25, 0.3) is 5.56 Å². The molecule has 0 N–H and O–H groups in total. The molecule has 5 rings (SSSR count). The minimum atomic E-state index is -0.169. The van der Waals surface area contributed by atoms with Crippen LogP contribution < -0.4 is 10.3 Å². The first-order valence-corrected chi connectivity index (χ1v) is 10.8. The summed E-state index contributed by atoms with van der Waals surface area (Å²) in [5.74, 6) is 0.565. The molecule has 3 heterocycles. The third-order valence-corrected chi connectivity index (χ3v) is 5.72. The standard InChI is InChI=1S/C27H24N4O2/c1-18-10-7-8-13-23(18)31-19(2)16-22(29-31)25-20(3)28-26-24(14-9-15-30(26)27(25)32)33-17-21-11-5-4-6-12-21/h4-16H,17H2,1-3H3. The molecule has 3 aromatic heterocycles. The van der Waals surface area contributed by atoms with E-state index in [1.54, 1.807) is 12.3 Å². The van der Waals surface area contributed by atoms with E-state index in [0.717, 1.165) is 22.5 Å². The summed E-state index contributed by atoms with van der Waals surface area (Å²) in [4.78, 5) is 18.3. The molecule has 0 radical (unpaired) electrons. The maximum atomic E-state index is 13.5. The molecule has 2 aromatic carbocycles. The van der Waals surface area contributed by atoms with Gasteiger partial charge >= 0.3 is 0 Å². The van der Waals surface area contributed by atoms with Crippen molar-refractivity contribution in [3.05, 3.63) is 112 Å². The average molecular weight is 437 g/mol. The number of para-hydroxylation sites is 1. The van der Waals surface area contributed by atoms with Crippen molar-refractivity contribution in [3.63, 3.8) is 0 Å². The van der Waals surface area contributed by atoms with Crippen molar-refractivity contribution in [1.82, 2.24) is 19.2 Å². The molecule has 0 amide bonds. The monoisotopic (exact) mass is 436 g/mol. The van der Waals surface area contributed by atoms with E-state index in [2.05, 4.69) is 0 Å². The second-order valence-electron chi connectivity index (χ2n) is 8.09. The van der Waals surface area contributed by atoms with Crippen LogP contribution in [0.2, 0.25) is 0 Å². The van der Waals surface area contributed by atoms with Crippen LogP contribution in [0.1, 0.15) is 22.5 Å². The van der Waals surface area contributed by atoms with Crippen molar-refractivity contribution in [2.24, 2.45) is 0 Å². The number of hydrogen-bond acceptors (Lipinski definition) is 4. The highest BCUT2D eigenvalue weighted by molar-refractivity contribution is 5.66. The van der Waals surface area contributed by atoms with E-state index in [0.29, 0.717) is 35.0 Å². The second-order valence-corrected chi connectivity index (χ2v) is 8.09. The van der Waals surface area contributed by atoms with Gasteiger partial charge in [0.15, 0.2) is 11.4 Å². The Balaban J connectivity index is 1.58. The van der Waals surface area contributed by atoms with E-state index in [1.807, 2.05) is 92.2 Å². The maximum absolute atomic E-state index is 13.5. The van der Waals surface area contributed by atoms with Gasteiger partial charge in [-0.3, -0.25) is 9.20 Å². The Morgan fingerprint density at radius 3 is 2.45 bits per heavy atom. The molecule has 0 bridgehead atoms. The van der Waals surface area contributed by atoms with Crippen molar-refractivity contribution in [2.75, 3.05) is 0 Å². The Kier molecular flexibility index (Phi) is 5.26. The van der Waals surface area contributed by atoms with Gasteiger partial charge in [-0.1, -0.05) is 48.5 Å². The van der Waals surface area contributed by atoms with Crippen LogP contribution in [0, 0.1) is 20.8 Å². The van der Waals surface area contributed by atoms with E-state index >= 15 is 0 Å². The van der Waals surface area contributed by atoms with Gasteiger partial charge in [-0.25, -0.2) is 9.67 Å². The molecular weight excluding hydrogens is 412 g/mol. The Hall–Kier alpha value is -4.19. The maximum Gasteiger partial charge on any atom is 0.267 e. The fourth-order valence-corrected chi connectivity index (χ4v) is 4.03. The number of aryl methyl sites for hydroxylation is 3. The summed E-state index contributed by atoms with van der Waals surface area (Å²) in [5.41, 5.74) is 6.14. The lowest BCUT2D eigenvalue weighted by molar-refractivity contribution is 0.308. The smallest absolute Gasteiger partial charge is 0.267 e. The fourth-order valence-electron chi connectivity index (χ4n) is 4.03. The summed E-state index contributed by atoms with van der Waals surface area (Å²) >= 11 is 0. The first kappa shape index (κ1) is 20.7. The molecular formula is C27H24N4O2. The minimum absolute atomic E-state index is 0.169. The van der Waals surface area contributed by atoms with Crippen molar-refractivity contribution >= 4 is 5.65 Å². The summed E-state index contributed by atoms with van der Waals surface area (Å²) in [6.07, 6.45) is 1.72. The van der Waals surface area contributed by atoms with Crippen LogP contribution >= 0.6 is 0 Å². The zero-order valence-electron chi connectivity index (χ0n) is 18.8. The summed E-state index contributed by atoms with van der Waals surface area (Å²) in [7, 11) is 0. The number of aromatic nitrogens is 4. The molecule has 0 fully saturated rings. The lowest BCUT2D eigenvalue weighted by Crippen LogP contribution is -2.19. The molecule has 0 spiro atoms. The number of hydrogen-bond donors (Lipinski definition) is 0. The van der Waals surface area contributed by atoms with Crippen LogP contribution in [0.25, 0.3) is 22.6 Å². The summed E-state index contributed by atoms with van der Waals surface area (Å²) < 4.78 is 9.42. The first-order valence-electron chi connectivity index (χ1n) is 10.8. The normalized spacial score (nSPS) is 11.1. The second kappa shape index (κ2) is 8.39. The Morgan fingerprint density at radius 1 is 0.909 bits per heavy atom. The quantitative estimate of drug-likeness (QED) is 0.387. The van der Waals surface area contributed by atoms with E-state index in [9.17, 15) is 4.79 Å². The van der Waals surface area contributed by atoms with Crippen molar-refractivity contribution in [3.8, 4) is 22.7 Å². The van der Waals surface area contributed by atoms with Gasteiger partial charge in [0.1, 0.15) is 12.3 Å². The zero-order valence-corrected chi connectivity index (χ0v) is 18.8. The first-order chi connectivity index (χ1) is 16.0. The van der Waals surface area contributed by atoms with Crippen LogP contribution in [0.5, 0.6) is 5.75 Å². The average Bonchev–Trinajstić information content (AvgIpc) is 3.19. The van der Waals surface area contributed by atoms with E-state index in [4.69, 9.17) is 14.8 Å². The van der Waals surface area contributed by atoms with Gasteiger partial charge in [-0.2, -0.15) is 5.10 Å². The summed E-state index contributed by atoms with van der Waals surface area (Å²) in [6, 6.07) is 23.5. The van der Waals surface area contributed by atoms with Crippen LogP contribution in [0.3, 0.4) is 0 Å². The zero-order chi connectivity index (χ0) is 22.9. The van der Waals surface area contributed by atoms with Crippen molar-refractivity contribution < 1.29 is 4.74 Å². The summed E-state index contributed by atoms with van der Waals surface area (Å²) in [5, 5.41) is 4.77. The lowest BCUT2D eigenvalue weighted by atomic mass is 10.1. The number of pyridine rings is 1. The molecule has 0 saturated carbocycles. The molecule has 0 aliphatic rings. The number of ether oxygens (including phenoxy) is 1. The van der Waals surface area contributed by atoms with Gasteiger partial charge in [0, 0.05) is 11.9 Å². The minimum Gasteiger partial charge on any atom is -0.485 e. The van der Waals surface area contributed by atoms with E-state index in [-0.39, 0.29) is 5.56 Å². The molecule has 0 saturated heterocycles. The molecule has 164 valence electrons. The Bertz CT molecular complexity index is 1520. The third-order valence-electron chi connectivity index (χ3n) is 5.72. The third kappa shape index (κ3) is 3.80. The van der Waals surface area contributed by atoms with Crippen LogP contribution in [0.4, 0.5) is 0 Å². The molecule has 6 heteroatoms. The van der Waals surface area contributed by atoms with Crippen LogP contribution in [0.15, 0.2) is 83.8 Å². The number of nitrogens with zero attached hydrogens (tertiary/aromatic N) is 4. The molecule has 0 aliphatic carbocycles. The fraction of sp³-hybridized carbons (Fsp3) is 0.148. The number of benzene rings is 2. The van der Waals surface area contributed by atoms with Crippen LogP contribution in [-0.4, -0.2) is 19.2 Å². The van der Waals surface area contributed by atoms with Crippen molar-refractivity contribution in [2.45, 2.75) is 27.4 Å². The number of fused-ring (bicyclic) bond motifs is 1. The summed E-state index contributed by atoms with van der Waals surface area (Å²) in [6.45, 7) is 6.27. The van der Waals surface area contributed by atoms with Gasteiger partial charge in [0.2, 0.25) is 0 Å². The predicted octanol–water partition coefficient (Wildman–Crippen LogP) is 5.05. The highest BCUT2D eigenvalue weighted by Crippen LogP contribution is 2.25. The molecule has 0 atom stereocenters.